The van der Waals surface area contributed by atoms with E-state index in [9.17, 15) is 9.59 Å². The van der Waals surface area contributed by atoms with Gasteiger partial charge in [0.15, 0.2) is 11.6 Å². The summed E-state index contributed by atoms with van der Waals surface area (Å²) in [5.41, 5.74) is 5.44. The molecule has 0 aromatic heterocycles. The van der Waals surface area contributed by atoms with Crippen LogP contribution in [-0.2, 0) is 5.54 Å². The standard InChI is InChI=1S/C39H27NO2/c41-37-32-24-13-14-25-33(32)38(42)36-34(37)26-15-27-35(36)40(31-22-11-4-12-23-31)39(28-16-5-1-6-17-28,29-18-7-2-8-19-29)30-20-9-3-10-21-30/h1-27H. The van der Waals surface area contributed by atoms with Crippen molar-refractivity contribution in [2.24, 2.45) is 0 Å². The number of carbonyl (C=O) groups excluding carboxylic acids is 2. The maximum atomic E-state index is 14.4. The molecule has 0 fully saturated rings. The molecule has 0 unspecified atom stereocenters. The molecule has 200 valence electrons. The predicted octanol–water partition coefficient (Wildman–Crippen LogP) is 8.59. The lowest BCUT2D eigenvalue weighted by Crippen LogP contribution is -2.46. The van der Waals surface area contributed by atoms with E-state index >= 15 is 0 Å². The van der Waals surface area contributed by atoms with Gasteiger partial charge in [0.2, 0.25) is 0 Å². The number of carbonyl (C=O) groups is 2. The molecule has 1 aliphatic rings. The zero-order valence-corrected chi connectivity index (χ0v) is 22.9. The van der Waals surface area contributed by atoms with E-state index in [4.69, 9.17) is 0 Å². The first kappa shape index (κ1) is 25.4. The van der Waals surface area contributed by atoms with Gasteiger partial charge in [0.1, 0.15) is 5.54 Å². The van der Waals surface area contributed by atoms with Gasteiger partial charge < -0.3 is 4.90 Å². The predicted molar refractivity (Wildman–Crippen MR) is 168 cm³/mol. The zero-order valence-electron chi connectivity index (χ0n) is 22.9. The molecule has 7 rings (SSSR count). The molecule has 0 saturated carbocycles. The van der Waals surface area contributed by atoms with Gasteiger partial charge in [0.25, 0.3) is 0 Å². The molecule has 0 atom stereocenters. The van der Waals surface area contributed by atoms with Crippen molar-refractivity contribution in [3.05, 3.63) is 203 Å². The van der Waals surface area contributed by atoms with Crippen LogP contribution >= 0.6 is 0 Å². The highest BCUT2D eigenvalue weighted by Gasteiger charge is 2.45. The average molecular weight is 542 g/mol. The van der Waals surface area contributed by atoms with Crippen LogP contribution in [0, 0.1) is 0 Å². The topological polar surface area (TPSA) is 37.4 Å². The highest BCUT2D eigenvalue weighted by molar-refractivity contribution is 6.30. The second-order valence-electron chi connectivity index (χ2n) is 10.4. The van der Waals surface area contributed by atoms with Crippen molar-refractivity contribution in [3.63, 3.8) is 0 Å². The average Bonchev–Trinajstić information content (AvgIpc) is 3.07. The molecule has 0 heterocycles. The molecule has 0 amide bonds. The summed E-state index contributed by atoms with van der Waals surface area (Å²) in [5, 5.41) is 0. The van der Waals surface area contributed by atoms with Crippen LogP contribution in [0.2, 0.25) is 0 Å². The van der Waals surface area contributed by atoms with Crippen molar-refractivity contribution in [3.8, 4) is 0 Å². The molecule has 6 aromatic rings. The molecule has 3 heteroatoms. The molecule has 1 aliphatic carbocycles. The molecule has 6 aromatic carbocycles. The number of benzene rings is 6. The molecule has 0 aliphatic heterocycles. The van der Waals surface area contributed by atoms with Gasteiger partial charge in [-0.05, 0) is 34.9 Å². The smallest absolute Gasteiger partial charge is 0.196 e. The normalized spacial score (nSPS) is 12.4. The van der Waals surface area contributed by atoms with E-state index in [-0.39, 0.29) is 11.6 Å². The van der Waals surface area contributed by atoms with Gasteiger partial charge in [-0.2, -0.15) is 0 Å². The lowest BCUT2D eigenvalue weighted by atomic mass is 9.74. The largest absolute Gasteiger partial charge is 0.322 e. The Kier molecular flexibility index (Phi) is 6.33. The fourth-order valence-electron chi connectivity index (χ4n) is 6.33. The Hall–Kier alpha value is -5.54. The van der Waals surface area contributed by atoms with E-state index in [1.54, 1.807) is 24.3 Å². The van der Waals surface area contributed by atoms with Gasteiger partial charge in [-0.15, -0.1) is 0 Å². The van der Waals surface area contributed by atoms with Crippen molar-refractivity contribution >= 4 is 22.9 Å². The Morgan fingerprint density at radius 2 is 0.786 bits per heavy atom. The number of anilines is 2. The molecule has 0 saturated heterocycles. The van der Waals surface area contributed by atoms with Crippen molar-refractivity contribution in [1.29, 1.82) is 0 Å². The number of para-hydroxylation sites is 1. The molecule has 42 heavy (non-hydrogen) atoms. The quantitative estimate of drug-likeness (QED) is 0.198. The minimum Gasteiger partial charge on any atom is -0.322 e. The summed E-state index contributed by atoms with van der Waals surface area (Å²) >= 11 is 0. The van der Waals surface area contributed by atoms with Gasteiger partial charge >= 0.3 is 0 Å². The second-order valence-corrected chi connectivity index (χ2v) is 10.4. The number of ketones is 2. The summed E-state index contributed by atoms with van der Waals surface area (Å²) in [7, 11) is 0. The highest BCUT2D eigenvalue weighted by atomic mass is 16.1. The van der Waals surface area contributed by atoms with Gasteiger partial charge in [-0.25, -0.2) is 0 Å². The summed E-state index contributed by atoms with van der Waals surface area (Å²) in [6, 6.07) is 54.0. The maximum absolute atomic E-state index is 14.4. The number of hydrogen-bond donors (Lipinski definition) is 0. The van der Waals surface area contributed by atoms with Crippen LogP contribution in [0.4, 0.5) is 11.4 Å². The van der Waals surface area contributed by atoms with Crippen molar-refractivity contribution in [1.82, 2.24) is 0 Å². The van der Waals surface area contributed by atoms with Crippen LogP contribution in [0.25, 0.3) is 0 Å². The summed E-state index contributed by atoms with van der Waals surface area (Å²) in [6.07, 6.45) is 0. The molecule has 3 nitrogen and oxygen atoms in total. The van der Waals surface area contributed by atoms with E-state index < -0.39 is 5.54 Å². The number of fused-ring (bicyclic) bond motifs is 2. The van der Waals surface area contributed by atoms with Crippen LogP contribution in [0.5, 0.6) is 0 Å². The van der Waals surface area contributed by atoms with Crippen LogP contribution in [0.3, 0.4) is 0 Å². The minimum absolute atomic E-state index is 0.139. The summed E-state index contributed by atoms with van der Waals surface area (Å²) in [5.74, 6) is -0.292. The Morgan fingerprint density at radius 1 is 0.381 bits per heavy atom. The summed E-state index contributed by atoms with van der Waals surface area (Å²) in [6.45, 7) is 0. The first-order valence-corrected chi connectivity index (χ1v) is 14.0. The molecular weight excluding hydrogens is 514 g/mol. The molecular formula is C39H27NO2. The van der Waals surface area contributed by atoms with E-state index in [0.29, 0.717) is 27.9 Å². The van der Waals surface area contributed by atoms with Gasteiger partial charge in [-0.3, -0.25) is 9.59 Å². The lowest BCUT2D eigenvalue weighted by molar-refractivity contribution is 0.0979. The summed E-state index contributed by atoms with van der Waals surface area (Å²) in [4.78, 5) is 30.5. The SMILES string of the molecule is O=C1c2ccccc2C(=O)c2c1cccc2N(c1ccccc1)C(c1ccccc1)(c1ccccc1)c1ccccc1. The van der Waals surface area contributed by atoms with Gasteiger partial charge in [0.05, 0.1) is 11.3 Å². The molecule has 0 bridgehead atoms. The van der Waals surface area contributed by atoms with Crippen LogP contribution in [0.15, 0.2) is 164 Å². The number of rotatable bonds is 6. The molecule has 0 N–H and O–H groups in total. The fraction of sp³-hybridized carbons (Fsp3) is 0.0256. The van der Waals surface area contributed by atoms with Crippen LogP contribution < -0.4 is 4.90 Å². The molecule has 0 radical (unpaired) electrons. The van der Waals surface area contributed by atoms with E-state index in [0.717, 1.165) is 22.4 Å². The van der Waals surface area contributed by atoms with Crippen molar-refractivity contribution in [2.75, 3.05) is 4.90 Å². The first-order chi connectivity index (χ1) is 20.7. The highest BCUT2D eigenvalue weighted by Crippen LogP contribution is 2.50. The second kappa shape index (κ2) is 10.5. The van der Waals surface area contributed by atoms with Gasteiger partial charge in [0, 0.05) is 22.4 Å². The third kappa shape index (κ3) is 3.90. The van der Waals surface area contributed by atoms with E-state index in [1.807, 2.05) is 91.0 Å². The Bertz CT molecular complexity index is 1800. The fourth-order valence-corrected chi connectivity index (χ4v) is 6.33. The maximum Gasteiger partial charge on any atom is 0.196 e. The van der Waals surface area contributed by atoms with Crippen molar-refractivity contribution in [2.45, 2.75) is 5.54 Å². The summed E-state index contributed by atoms with van der Waals surface area (Å²) < 4.78 is 0. The Labute approximate surface area is 245 Å². The third-order valence-electron chi connectivity index (χ3n) is 8.10. The first-order valence-electron chi connectivity index (χ1n) is 14.0. The van der Waals surface area contributed by atoms with E-state index in [1.165, 1.54) is 0 Å². The third-order valence-corrected chi connectivity index (χ3v) is 8.10. The van der Waals surface area contributed by atoms with Crippen molar-refractivity contribution < 1.29 is 9.59 Å². The Morgan fingerprint density at radius 3 is 1.29 bits per heavy atom. The lowest BCUT2D eigenvalue weighted by Gasteiger charge is -2.48. The molecule has 0 spiro atoms. The van der Waals surface area contributed by atoms with Crippen LogP contribution in [0.1, 0.15) is 48.5 Å². The van der Waals surface area contributed by atoms with Gasteiger partial charge in [-0.1, -0.05) is 146 Å². The number of hydrogen-bond acceptors (Lipinski definition) is 3. The minimum atomic E-state index is -0.902. The Balaban J connectivity index is 1.64. The number of nitrogens with zero attached hydrogens (tertiary/aromatic N) is 1. The monoisotopic (exact) mass is 541 g/mol. The van der Waals surface area contributed by atoms with E-state index in [2.05, 4.69) is 53.4 Å². The zero-order chi connectivity index (χ0) is 28.5. The van der Waals surface area contributed by atoms with Crippen LogP contribution in [-0.4, -0.2) is 11.6 Å².